The van der Waals surface area contributed by atoms with Crippen molar-refractivity contribution < 1.29 is 23.6 Å². The van der Waals surface area contributed by atoms with Crippen molar-refractivity contribution in [1.29, 1.82) is 0 Å². The molecule has 1 N–H and O–H groups in total. The second kappa shape index (κ2) is 11.1. The summed E-state index contributed by atoms with van der Waals surface area (Å²) >= 11 is 0. The van der Waals surface area contributed by atoms with E-state index in [0.29, 0.717) is 36.6 Å². The van der Waals surface area contributed by atoms with Crippen LogP contribution in [0.25, 0.3) is 11.3 Å². The van der Waals surface area contributed by atoms with Gasteiger partial charge in [-0.3, -0.25) is 14.7 Å². The molecule has 0 spiro atoms. The predicted molar refractivity (Wildman–Crippen MR) is 156 cm³/mol. The molecular formula is C32H40FN4O3+. The molecule has 1 aliphatic heterocycles. The summed E-state index contributed by atoms with van der Waals surface area (Å²) in [4.78, 5) is 34.3. The number of pyridine rings is 1. The van der Waals surface area contributed by atoms with E-state index in [1.54, 1.807) is 43.1 Å². The van der Waals surface area contributed by atoms with Gasteiger partial charge in [-0.1, -0.05) is 12.1 Å². The van der Waals surface area contributed by atoms with Crippen LogP contribution in [0.15, 0.2) is 60.7 Å². The third-order valence-electron chi connectivity index (χ3n) is 8.35. The lowest BCUT2D eigenvalue weighted by atomic mass is 9.91. The van der Waals surface area contributed by atoms with E-state index >= 15 is 0 Å². The van der Waals surface area contributed by atoms with Crippen molar-refractivity contribution in [2.45, 2.75) is 65.7 Å². The highest BCUT2D eigenvalue weighted by Crippen LogP contribution is 2.37. The molecule has 40 heavy (non-hydrogen) atoms. The van der Waals surface area contributed by atoms with Crippen LogP contribution in [0, 0.1) is 12.7 Å². The fourth-order valence-corrected chi connectivity index (χ4v) is 6.58. The molecule has 4 rings (SSSR count). The van der Waals surface area contributed by atoms with E-state index in [9.17, 15) is 19.1 Å². The third-order valence-corrected chi connectivity index (χ3v) is 8.35. The fraction of sp³-hybridized carbons (Fsp3) is 0.406. The summed E-state index contributed by atoms with van der Waals surface area (Å²) in [7, 11) is 1.74. The van der Waals surface area contributed by atoms with E-state index in [-0.39, 0.29) is 28.3 Å². The van der Waals surface area contributed by atoms with Crippen molar-refractivity contribution in [3.05, 3.63) is 83.3 Å². The summed E-state index contributed by atoms with van der Waals surface area (Å²) < 4.78 is 13.3. The standard InChI is InChI=1S/C32H39FN4O3/c1-21-18-36(19-22(2)37(21,31(39)40)32(4,5)6)20-24-8-14-27(15-9-24)35(7)30(38)28-16-17-29(34-23(28)3)25-10-12-26(33)13-11-25/h8-17,21-22H,18-20H2,1-7H3/p+1/t21-,22+,37?. The zero-order valence-corrected chi connectivity index (χ0v) is 24.5. The van der Waals surface area contributed by atoms with Gasteiger partial charge in [0.1, 0.15) is 23.4 Å². The normalized spacial score (nSPS) is 21.7. The summed E-state index contributed by atoms with van der Waals surface area (Å²) in [5.41, 5.74) is 4.05. The summed E-state index contributed by atoms with van der Waals surface area (Å²) in [6, 6.07) is 17.5. The molecule has 1 fully saturated rings. The fourth-order valence-electron chi connectivity index (χ4n) is 6.58. The monoisotopic (exact) mass is 547 g/mol. The number of piperazine rings is 1. The summed E-state index contributed by atoms with van der Waals surface area (Å²) in [6.45, 7) is 14.0. The number of quaternary nitrogens is 1. The average molecular weight is 548 g/mol. The molecule has 2 heterocycles. The molecule has 212 valence electrons. The van der Waals surface area contributed by atoms with Crippen LogP contribution in [0.3, 0.4) is 0 Å². The highest BCUT2D eigenvalue weighted by atomic mass is 19.1. The molecule has 0 saturated carbocycles. The Hall–Kier alpha value is -3.62. The number of carboxylic acid groups (broad SMARTS) is 1. The Morgan fingerprint density at radius 3 is 2.08 bits per heavy atom. The van der Waals surface area contributed by atoms with Crippen LogP contribution in [0.2, 0.25) is 0 Å². The minimum Gasteiger partial charge on any atom is -0.435 e. The number of carbonyl (C=O) groups is 2. The van der Waals surface area contributed by atoms with Gasteiger partial charge in [0.05, 0.1) is 30.0 Å². The number of halogens is 1. The lowest BCUT2D eigenvalue weighted by Crippen LogP contribution is -2.77. The van der Waals surface area contributed by atoms with Gasteiger partial charge in [-0.05, 0) is 95.6 Å². The van der Waals surface area contributed by atoms with Crippen LogP contribution in [0.4, 0.5) is 14.9 Å². The highest BCUT2D eigenvalue weighted by molar-refractivity contribution is 6.06. The molecule has 2 aromatic carbocycles. The molecule has 1 aliphatic rings. The van der Waals surface area contributed by atoms with Crippen molar-refractivity contribution in [3.8, 4) is 11.3 Å². The molecule has 0 aliphatic carbocycles. The maximum atomic E-state index is 13.3. The third kappa shape index (κ3) is 5.38. The second-order valence-corrected chi connectivity index (χ2v) is 12.0. The van der Waals surface area contributed by atoms with Crippen LogP contribution in [-0.2, 0) is 6.54 Å². The van der Waals surface area contributed by atoms with Gasteiger partial charge in [0.15, 0.2) is 0 Å². The molecule has 1 aromatic heterocycles. The van der Waals surface area contributed by atoms with Gasteiger partial charge in [0.2, 0.25) is 0 Å². The Labute approximate surface area is 236 Å². The number of hydrogen-bond donors (Lipinski definition) is 1. The number of nitrogens with zero attached hydrogens (tertiary/aromatic N) is 4. The van der Waals surface area contributed by atoms with Gasteiger partial charge in [-0.15, -0.1) is 0 Å². The minimum atomic E-state index is -0.764. The minimum absolute atomic E-state index is 0.0501. The van der Waals surface area contributed by atoms with E-state index in [1.807, 2.05) is 58.9 Å². The number of aryl methyl sites for hydroxylation is 1. The van der Waals surface area contributed by atoms with Gasteiger partial charge < -0.3 is 10.0 Å². The van der Waals surface area contributed by atoms with Crippen molar-refractivity contribution in [2.75, 3.05) is 25.0 Å². The van der Waals surface area contributed by atoms with Crippen LogP contribution in [0.1, 0.15) is 56.2 Å². The van der Waals surface area contributed by atoms with Crippen LogP contribution in [0.5, 0.6) is 0 Å². The Morgan fingerprint density at radius 1 is 1.00 bits per heavy atom. The van der Waals surface area contributed by atoms with E-state index in [0.717, 1.165) is 16.8 Å². The summed E-state index contributed by atoms with van der Waals surface area (Å²) in [5.74, 6) is -0.466. The van der Waals surface area contributed by atoms with Crippen molar-refractivity contribution in [3.63, 3.8) is 0 Å². The zero-order chi connectivity index (χ0) is 29.4. The number of amides is 2. The number of carbonyl (C=O) groups excluding carboxylic acids is 1. The molecule has 0 bridgehead atoms. The van der Waals surface area contributed by atoms with E-state index in [1.165, 1.54) is 12.1 Å². The van der Waals surface area contributed by atoms with Crippen molar-refractivity contribution in [2.24, 2.45) is 0 Å². The van der Waals surface area contributed by atoms with Crippen LogP contribution >= 0.6 is 0 Å². The largest absolute Gasteiger partial charge is 0.514 e. The molecule has 3 atom stereocenters. The van der Waals surface area contributed by atoms with Gasteiger partial charge >= 0.3 is 6.09 Å². The first-order valence-electron chi connectivity index (χ1n) is 13.7. The SMILES string of the molecule is Cc1nc(-c2ccc(F)cc2)ccc1C(=O)N(C)c1ccc(CN2C[C@@H](C)[N+](C(=O)O)(C(C)(C)C)[C@@H](C)C2)cc1. The maximum absolute atomic E-state index is 13.3. The second-order valence-electron chi connectivity index (χ2n) is 12.0. The van der Waals surface area contributed by atoms with E-state index < -0.39 is 11.6 Å². The number of hydrogen-bond acceptors (Lipinski definition) is 4. The number of anilines is 1. The molecule has 8 heteroatoms. The Bertz CT molecular complexity index is 1370. The van der Waals surface area contributed by atoms with Crippen LogP contribution in [-0.4, -0.2) is 69.2 Å². The van der Waals surface area contributed by atoms with Crippen molar-refractivity contribution in [1.82, 2.24) is 9.88 Å². The topological polar surface area (TPSA) is 73.7 Å². The molecule has 2 amide bonds. The predicted octanol–water partition coefficient (Wildman–Crippen LogP) is 6.36. The van der Waals surface area contributed by atoms with E-state index in [2.05, 4.69) is 9.88 Å². The van der Waals surface area contributed by atoms with Crippen molar-refractivity contribution >= 4 is 17.7 Å². The first-order valence-corrected chi connectivity index (χ1v) is 13.7. The molecular weight excluding hydrogens is 507 g/mol. The Morgan fingerprint density at radius 2 is 1.57 bits per heavy atom. The highest BCUT2D eigenvalue weighted by Gasteiger charge is 2.58. The van der Waals surface area contributed by atoms with Gasteiger partial charge in [-0.2, -0.15) is 4.79 Å². The maximum Gasteiger partial charge on any atom is 0.514 e. The molecule has 1 unspecified atom stereocenters. The average Bonchev–Trinajstić information content (AvgIpc) is 2.87. The molecule has 1 saturated heterocycles. The lowest BCUT2D eigenvalue weighted by Gasteiger charge is -2.55. The van der Waals surface area contributed by atoms with Crippen LogP contribution < -0.4 is 4.90 Å². The Kier molecular flexibility index (Phi) is 8.15. The van der Waals surface area contributed by atoms with Gasteiger partial charge in [0.25, 0.3) is 5.91 Å². The number of aromatic nitrogens is 1. The first-order chi connectivity index (χ1) is 18.7. The first kappa shape index (κ1) is 29.4. The smallest absolute Gasteiger partial charge is 0.435 e. The summed E-state index contributed by atoms with van der Waals surface area (Å²) in [5, 5.41) is 10.2. The number of rotatable bonds is 5. The number of benzene rings is 2. The summed E-state index contributed by atoms with van der Waals surface area (Å²) in [6.07, 6.45) is -0.764. The lowest BCUT2D eigenvalue weighted by molar-refractivity contribution is -0.949. The molecule has 3 aromatic rings. The van der Waals surface area contributed by atoms with Gasteiger partial charge in [0, 0.05) is 24.8 Å². The Balaban J connectivity index is 1.44. The van der Waals surface area contributed by atoms with E-state index in [4.69, 9.17) is 0 Å². The quantitative estimate of drug-likeness (QED) is 0.377. The molecule has 7 nitrogen and oxygen atoms in total. The van der Waals surface area contributed by atoms with Gasteiger partial charge in [-0.25, -0.2) is 8.87 Å². The molecule has 0 radical (unpaired) electrons. The zero-order valence-electron chi connectivity index (χ0n) is 24.5.